The van der Waals surface area contributed by atoms with Crippen LogP contribution in [0.4, 0.5) is 5.95 Å². The van der Waals surface area contributed by atoms with E-state index in [4.69, 9.17) is 14.2 Å². The number of hydrogen-bond donors (Lipinski definition) is 2. The van der Waals surface area contributed by atoms with Crippen molar-refractivity contribution in [3.05, 3.63) is 65.5 Å². The smallest absolute Gasteiger partial charge is 0.259 e. The predicted molar refractivity (Wildman–Crippen MR) is 141 cm³/mol. The normalized spacial score (nSPS) is 14.1. The van der Waals surface area contributed by atoms with Gasteiger partial charge in [-0.05, 0) is 59.9 Å². The lowest BCUT2D eigenvalue weighted by atomic mass is 9.95. The molecule has 10 heteroatoms. The van der Waals surface area contributed by atoms with Crippen molar-refractivity contribution in [2.75, 3.05) is 26.6 Å². The molecule has 1 aromatic heterocycles. The highest BCUT2D eigenvalue weighted by Crippen LogP contribution is 2.50. The average Bonchev–Trinajstić information content (AvgIpc) is 3.13. The Bertz CT molecular complexity index is 1490. The highest BCUT2D eigenvalue weighted by atomic mass is 16.5. The van der Waals surface area contributed by atoms with E-state index in [1.165, 1.54) is 13.1 Å². The summed E-state index contributed by atoms with van der Waals surface area (Å²) in [6.45, 7) is 1.50. The zero-order chi connectivity index (χ0) is 26.8. The van der Waals surface area contributed by atoms with Crippen molar-refractivity contribution < 1.29 is 23.8 Å². The van der Waals surface area contributed by atoms with Crippen molar-refractivity contribution in [3.8, 4) is 39.8 Å². The van der Waals surface area contributed by atoms with Crippen LogP contribution in [0.25, 0.3) is 22.5 Å². The maximum atomic E-state index is 12.6. The number of rotatable bonds is 6. The first-order valence-electron chi connectivity index (χ1n) is 12.1. The number of carbonyl (C=O) groups is 2. The highest BCUT2D eigenvalue weighted by Gasteiger charge is 2.30. The van der Waals surface area contributed by atoms with Crippen LogP contribution in [0.5, 0.6) is 17.2 Å². The summed E-state index contributed by atoms with van der Waals surface area (Å²) >= 11 is 0. The number of nitrogens with zero attached hydrogens (tertiary/aromatic N) is 3. The van der Waals surface area contributed by atoms with Crippen molar-refractivity contribution in [3.63, 3.8) is 0 Å². The zero-order valence-corrected chi connectivity index (χ0v) is 21.5. The van der Waals surface area contributed by atoms with E-state index >= 15 is 0 Å². The molecule has 1 aliphatic heterocycles. The third-order valence-electron chi connectivity index (χ3n) is 6.51. The molecule has 0 spiro atoms. The second kappa shape index (κ2) is 10.3. The Morgan fingerprint density at radius 2 is 1.76 bits per heavy atom. The van der Waals surface area contributed by atoms with Crippen molar-refractivity contribution >= 4 is 17.8 Å². The second-order valence-corrected chi connectivity index (χ2v) is 8.83. The number of hydrogen-bond acceptors (Lipinski definition) is 8. The maximum absolute atomic E-state index is 12.6. The molecule has 2 aliphatic carbocycles. The number of benzene rings is 1. The van der Waals surface area contributed by atoms with Gasteiger partial charge in [-0.15, -0.1) is 0 Å². The number of imidazole rings is 1. The molecule has 0 saturated heterocycles. The van der Waals surface area contributed by atoms with Crippen LogP contribution in [0.3, 0.4) is 0 Å². The Balaban J connectivity index is 1.67. The number of aryl methyl sites for hydroxylation is 1. The molecule has 2 N–H and O–H groups in total. The summed E-state index contributed by atoms with van der Waals surface area (Å²) in [6, 6.07) is 10.7. The SMILES string of the molecule is COc1cc2c(c(OC)c1OC)-c1ccc3nc(NC(=O)c4cccnc4)nc-3cc1[C@H](NC(C)=O)CC2. The molecule has 0 radical (unpaired) electrons. The summed E-state index contributed by atoms with van der Waals surface area (Å²) in [5, 5.41) is 5.81. The third kappa shape index (κ3) is 4.56. The fraction of sp³-hybridized carbons (Fsp3) is 0.250. The van der Waals surface area contributed by atoms with Gasteiger partial charge in [-0.25, -0.2) is 9.97 Å². The number of anilines is 1. The Hall–Kier alpha value is -4.73. The molecule has 2 heterocycles. The molecule has 0 unspecified atom stereocenters. The summed E-state index contributed by atoms with van der Waals surface area (Å²) in [7, 11) is 4.75. The van der Waals surface area contributed by atoms with Gasteiger partial charge in [0, 0.05) is 24.9 Å². The largest absolute Gasteiger partial charge is 0.493 e. The molecule has 38 heavy (non-hydrogen) atoms. The molecule has 5 rings (SSSR count). The van der Waals surface area contributed by atoms with E-state index in [1.807, 2.05) is 24.3 Å². The molecule has 0 fully saturated rings. The fourth-order valence-electron chi connectivity index (χ4n) is 4.87. The summed E-state index contributed by atoms with van der Waals surface area (Å²) < 4.78 is 17.1. The number of ether oxygens (including phenoxy) is 3. The number of pyridine rings is 1. The van der Waals surface area contributed by atoms with Crippen LogP contribution in [0.1, 0.15) is 40.9 Å². The third-order valence-corrected chi connectivity index (χ3v) is 6.51. The minimum absolute atomic E-state index is 0.144. The molecule has 194 valence electrons. The number of aromatic nitrogens is 3. The Morgan fingerprint density at radius 3 is 2.45 bits per heavy atom. The first-order valence-corrected chi connectivity index (χ1v) is 12.1. The topological polar surface area (TPSA) is 125 Å². The number of carbonyl (C=O) groups excluding carboxylic acids is 2. The van der Waals surface area contributed by atoms with Crippen LogP contribution in [-0.2, 0) is 11.2 Å². The van der Waals surface area contributed by atoms with Crippen LogP contribution in [0.2, 0.25) is 0 Å². The van der Waals surface area contributed by atoms with Crippen molar-refractivity contribution in [1.29, 1.82) is 0 Å². The molecule has 1 atom stereocenters. The minimum atomic E-state index is -0.354. The van der Waals surface area contributed by atoms with Crippen LogP contribution >= 0.6 is 0 Å². The summed E-state index contributed by atoms with van der Waals surface area (Å²) in [4.78, 5) is 37.9. The van der Waals surface area contributed by atoms with Gasteiger partial charge >= 0.3 is 0 Å². The molecule has 2 amide bonds. The number of nitrogens with one attached hydrogen (secondary N) is 2. The van der Waals surface area contributed by atoms with Crippen molar-refractivity contribution in [2.24, 2.45) is 0 Å². The molecular weight excluding hydrogens is 486 g/mol. The lowest BCUT2D eigenvalue weighted by Crippen LogP contribution is -2.26. The van der Waals surface area contributed by atoms with Gasteiger partial charge in [-0.3, -0.25) is 19.9 Å². The van der Waals surface area contributed by atoms with Gasteiger partial charge in [-0.2, -0.15) is 0 Å². The van der Waals surface area contributed by atoms with E-state index in [2.05, 4.69) is 25.6 Å². The second-order valence-electron chi connectivity index (χ2n) is 8.83. The molecule has 0 bridgehead atoms. The molecular formula is C28H27N5O5. The highest BCUT2D eigenvalue weighted by molar-refractivity contribution is 6.03. The van der Waals surface area contributed by atoms with Gasteiger partial charge in [0.1, 0.15) is 0 Å². The summed E-state index contributed by atoms with van der Waals surface area (Å²) in [6.07, 6.45) is 4.38. The molecule has 2 aromatic rings. The van der Waals surface area contributed by atoms with Crippen LogP contribution in [0.15, 0.2) is 48.8 Å². The van der Waals surface area contributed by atoms with E-state index in [-0.39, 0.29) is 23.8 Å². The van der Waals surface area contributed by atoms with Crippen molar-refractivity contribution in [2.45, 2.75) is 25.8 Å². The summed E-state index contributed by atoms with van der Waals surface area (Å²) in [5.74, 6) is 1.28. The number of amides is 2. The van der Waals surface area contributed by atoms with Crippen LogP contribution in [0, 0.1) is 0 Å². The lowest BCUT2D eigenvalue weighted by molar-refractivity contribution is -0.119. The van der Waals surface area contributed by atoms with Gasteiger partial charge < -0.3 is 19.5 Å². The maximum Gasteiger partial charge on any atom is 0.259 e. The predicted octanol–water partition coefficient (Wildman–Crippen LogP) is 4.04. The lowest BCUT2D eigenvalue weighted by Gasteiger charge is -2.19. The quantitative estimate of drug-likeness (QED) is 0.396. The van der Waals surface area contributed by atoms with Gasteiger partial charge in [0.25, 0.3) is 5.91 Å². The van der Waals surface area contributed by atoms with E-state index in [0.717, 1.165) is 22.3 Å². The Morgan fingerprint density at radius 1 is 0.974 bits per heavy atom. The average molecular weight is 514 g/mol. The monoisotopic (exact) mass is 513 g/mol. The first-order chi connectivity index (χ1) is 18.4. The van der Waals surface area contributed by atoms with Gasteiger partial charge in [0.15, 0.2) is 11.5 Å². The van der Waals surface area contributed by atoms with Crippen LogP contribution in [-0.4, -0.2) is 48.1 Å². The fourth-order valence-corrected chi connectivity index (χ4v) is 4.87. The van der Waals surface area contributed by atoms with Crippen molar-refractivity contribution in [1.82, 2.24) is 20.3 Å². The molecule has 3 aliphatic rings. The van der Waals surface area contributed by atoms with E-state index in [9.17, 15) is 9.59 Å². The zero-order valence-electron chi connectivity index (χ0n) is 21.5. The molecule has 10 nitrogen and oxygen atoms in total. The summed E-state index contributed by atoms with van der Waals surface area (Å²) in [5.41, 5.74) is 5.13. The number of fused-ring (bicyclic) bond motifs is 4. The van der Waals surface area contributed by atoms with Gasteiger partial charge in [0.2, 0.25) is 17.6 Å². The molecule has 0 saturated carbocycles. The van der Waals surface area contributed by atoms with E-state index < -0.39 is 0 Å². The van der Waals surface area contributed by atoms with E-state index in [0.29, 0.717) is 47.0 Å². The Kier molecular flexibility index (Phi) is 6.78. The van der Waals surface area contributed by atoms with E-state index in [1.54, 1.807) is 39.7 Å². The first kappa shape index (κ1) is 24.9. The Labute approximate surface area is 219 Å². The van der Waals surface area contributed by atoms with Gasteiger partial charge in [-0.1, -0.05) is 6.07 Å². The molecule has 1 aromatic carbocycles. The number of methoxy groups -OCH3 is 3. The minimum Gasteiger partial charge on any atom is -0.493 e. The van der Waals surface area contributed by atoms with Gasteiger partial charge in [0.05, 0.1) is 44.3 Å². The standard InChI is InChI=1S/C28H27N5O5/c1-15(34)30-20-9-7-16-12-23(36-2)25(37-3)26(38-4)24(16)18-8-10-21-22(13-19(18)20)32-28(31-21)33-27(35)17-6-5-11-29-14-17/h5-6,8,10-14,20H,7,9H2,1-4H3,(H,30,34)(H,31,32,33,35)/t20-/m1/s1. The van der Waals surface area contributed by atoms with Crippen LogP contribution < -0.4 is 24.8 Å².